The van der Waals surface area contributed by atoms with Crippen LogP contribution in [0.1, 0.15) is 23.2 Å². The van der Waals surface area contributed by atoms with Gasteiger partial charge in [-0.2, -0.15) is 0 Å². The zero-order valence-corrected chi connectivity index (χ0v) is 15.9. The van der Waals surface area contributed by atoms with Gasteiger partial charge >= 0.3 is 0 Å². The van der Waals surface area contributed by atoms with Crippen LogP contribution in [0.2, 0.25) is 0 Å². The molecular weight excluding hydrogens is 372 g/mol. The molecule has 1 aliphatic carbocycles. The SMILES string of the molecule is O=C(Nc1cccc(S(=O)(=O)NC2CC2)c1)c1ccc(-c2ccccc2)cc1. The van der Waals surface area contributed by atoms with Crippen LogP contribution in [-0.2, 0) is 10.0 Å². The van der Waals surface area contributed by atoms with E-state index >= 15 is 0 Å². The van der Waals surface area contributed by atoms with Crippen molar-refractivity contribution in [3.63, 3.8) is 0 Å². The summed E-state index contributed by atoms with van der Waals surface area (Å²) >= 11 is 0. The molecule has 3 aromatic rings. The lowest BCUT2D eigenvalue weighted by Gasteiger charge is -2.09. The summed E-state index contributed by atoms with van der Waals surface area (Å²) in [5, 5.41) is 2.77. The smallest absolute Gasteiger partial charge is 0.255 e. The maximum atomic E-state index is 12.5. The number of sulfonamides is 1. The molecular formula is C22H20N2O3S. The van der Waals surface area contributed by atoms with Crippen LogP contribution in [0.5, 0.6) is 0 Å². The minimum atomic E-state index is -3.56. The van der Waals surface area contributed by atoms with Gasteiger partial charge in [0.2, 0.25) is 10.0 Å². The van der Waals surface area contributed by atoms with Crippen molar-refractivity contribution in [2.75, 3.05) is 5.32 Å². The second-order valence-electron chi connectivity index (χ2n) is 6.82. The maximum absolute atomic E-state index is 12.5. The van der Waals surface area contributed by atoms with E-state index in [1.54, 1.807) is 24.3 Å². The van der Waals surface area contributed by atoms with Crippen LogP contribution in [0.15, 0.2) is 83.8 Å². The lowest BCUT2D eigenvalue weighted by molar-refractivity contribution is 0.102. The molecule has 5 nitrogen and oxygen atoms in total. The molecule has 28 heavy (non-hydrogen) atoms. The summed E-state index contributed by atoms with van der Waals surface area (Å²) in [5.74, 6) is -0.288. The fraction of sp³-hybridized carbons (Fsp3) is 0.136. The number of carbonyl (C=O) groups is 1. The zero-order chi connectivity index (χ0) is 19.6. The van der Waals surface area contributed by atoms with Crippen molar-refractivity contribution in [2.45, 2.75) is 23.8 Å². The largest absolute Gasteiger partial charge is 0.322 e. The molecule has 0 unspecified atom stereocenters. The second kappa shape index (κ2) is 7.58. The fourth-order valence-electron chi connectivity index (χ4n) is 2.88. The lowest BCUT2D eigenvalue weighted by Crippen LogP contribution is -2.25. The van der Waals surface area contributed by atoms with Gasteiger partial charge in [-0.3, -0.25) is 4.79 Å². The Morgan fingerprint density at radius 3 is 2.18 bits per heavy atom. The molecule has 0 aliphatic heterocycles. The number of rotatable bonds is 6. The zero-order valence-electron chi connectivity index (χ0n) is 15.1. The first kappa shape index (κ1) is 18.4. The van der Waals surface area contributed by atoms with Crippen LogP contribution in [0.4, 0.5) is 5.69 Å². The van der Waals surface area contributed by atoms with Gasteiger partial charge in [-0.05, 0) is 54.3 Å². The van der Waals surface area contributed by atoms with Gasteiger partial charge in [0.25, 0.3) is 5.91 Å². The van der Waals surface area contributed by atoms with Gasteiger partial charge in [-0.25, -0.2) is 13.1 Å². The summed E-state index contributed by atoms with van der Waals surface area (Å²) < 4.78 is 27.3. The molecule has 0 saturated heterocycles. The lowest BCUT2D eigenvalue weighted by atomic mass is 10.0. The van der Waals surface area contributed by atoms with Gasteiger partial charge in [0.15, 0.2) is 0 Å². The summed E-state index contributed by atoms with van der Waals surface area (Å²) in [6.07, 6.45) is 1.74. The third kappa shape index (κ3) is 4.30. The van der Waals surface area contributed by atoms with E-state index < -0.39 is 10.0 Å². The molecule has 4 rings (SSSR count). The number of anilines is 1. The summed E-state index contributed by atoms with van der Waals surface area (Å²) in [4.78, 5) is 12.7. The molecule has 142 valence electrons. The minimum Gasteiger partial charge on any atom is -0.322 e. The predicted molar refractivity (Wildman–Crippen MR) is 110 cm³/mol. The van der Waals surface area contributed by atoms with Crippen molar-refractivity contribution in [2.24, 2.45) is 0 Å². The number of hydrogen-bond donors (Lipinski definition) is 2. The van der Waals surface area contributed by atoms with E-state index in [1.807, 2.05) is 42.5 Å². The van der Waals surface area contributed by atoms with E-state index in [0.717, 1.165) is 24.0 Å². The van der Waals surface area contributed by atoms with Crippen molar-refractivity contribution < 1.29 is 13.2 Å². The molecule has 0 radical (unpaired) electrons. The topological polar surface area (TPSA) is 75.3 Å². The first-order valence-electron chi connectivity index (χ1n) is 9.10. The molecule has 1 saturated carbocycles. The Hall–Kier alpha value is -2.96. The molecule has 0 aromatic heterocycles. The summed E-state index contributed by atoms with van der Waals surface area (Å²) in [6, 6.07) is 23.5. The number of amides is 1. The van der Waals surface area contributed by atoms with Crippen molar-refractivity contribution in [1.82, 2.24) is 4.72 Å². The van der Waals surface area contributed by atoms with E-state index in [9.17, 15) is 13.2 Å². The Balaban J connectivity index is 1.48. The minimum absolute atomic E-state index is 0.0337. The molecule has 6 heteroatoms. The van der Waals surface area contributed by atoms with Crippen molar-refractivity contribution in [3.8, 4) is 11.1 Å². The van der Waals surface area contributed by atoms with E-state index in [2.05, 4.69) is 10.0 Å². The predicted octanol–water partition coefficient (Wildman–Crippen LogP) is 4.05. The molecule has 2 N–H and O–H groups in total. The van der Waals surface area contributed by atoms with E-state index in [4.69, 9.17) is 0 Å². The van der Waals surface area contributed by atoms with Crippen molar-refractivity contribution >= 4 is 21.6 Å². The fourth-order valence-corrected chi connectivity index (χ4v) is 4.23. The highest BCUT2D eigenvalue weighted by Gasteiger charge is 2.28. The number of carbonyl (C=O) groups excluding carboxylic acids is 1. The van der Waals surface area contributed by atoms with Gasteiger partial charge in [0.1, 0.15) is 0 Å². The summed E-state index contributed by atoms with van der Waals surface area (Å²) in [7, 11) is -3.56. The van der Waals surface area contributed by atoms with Crippen LogP contribution < -0.4 is 10.0 Å². The molecule has 0 bridgehead atoms. The first-order chi connectivity index (χ1) is 13.5. The molecule has 0 heterocycles. The molecule has 0 spiro atoms. The van der Waals surface area contributed by atoms with Crippen LogP contribution >= 0.6 is 0 Å². The standard InChI is InChI=1S/C22H20N2O3S/c25-22(18-11-9-17(10-12-18)16-5-2-1-3-6-16)23-20-7-4-8-21(15-20)28(26,27)24-19-13-14-19/h1-12,15,19,24H,13-14H2,(H,23,25). The molecule has 1 fully saturated rings. The average Bonchev–Trinajstić information content (AvgIpc) is 3.52. The normalized spacial score (nSPS) is 13.9. The number of hydrogen-bond acceptors (Lipinski definition) is 3. The Kier molecular flexibility index (Phi) is 4.98. The van der Waals surface area contributed by atoms with Gasteiger partial charge in [0.05, 0.1) is 4.90 Å². The van der Waals surface area contributed by atoms with E-state index in [0.29, 0.717) is 11.3 Å². The highest BCUT2D eigenvalue weighted by molar-refractivity contribution is 7.89. The molecule has 1 amide bonds. The molecule has 0 atom stereocenters. The highest BCUT2D eigenvalue weighted by atomic mass is 32.2. The first-order valence-corrected chi connectivity index (χ1v) is 10.6. The Bertz CT molecular complexity index is 1090. The quantitative estimate of drug-likeness (QED) is 0.665. The third-order valence-electron chi connectivity index (χ3n) is 4.56. The maximum Gasteiger partial charge on any atom is 0.255 e. The van der Waals surface area contributed by atoms with Crippen LogP contribution in [0, 0.1) is 0 Å². The Labute approximate surface area is 164 Å². The van der Waals surface area contributed by atoms with Crippen LogP contribution in [0.3, 0.4) is 0 Å². The van der Waals surface area contributed by atoms with Crippen molar-refractivity contribution in [3.05, 3.63) is 84.4 Å². The Morgan fingerprint density at radius 1 is 0.821 bits per heavy atom. The number of benzene rings is 3. The summed E-state index contributed by atoms with van der Waals surface area (Å²) in [6.45, 7) is 0. The second-order valence-corrected chi connectivity index (χ2v) is 8.53. The third-order valence-corrected chi connectivity index (χ3v) is 6.07. The van der Waals surface area contributed by atoms with Gasteiger partial charge in [-0.1, -0.05) is 48.5 Å². The van der Waals surface area contributed by atoms with Crippen molar-refractivity contribution in [1.29, 1.82) is 0 Å². The van der Waals surface area contributed by atoms with Gasteiger partial charge in [0, 0.05) is 17.3 Å². The monoisotopic (exact) mass is 392 g/mol. The number of nitrogens with one attached hydrogen (secondary N) is 2. The highest BCUT2D eigenvalue weighted by Crippen LogP contribution is 2.24. The Morgan fingerprint density at radius 2 is 1.50 bits per heavy atom. The molecule has 1 aliphatic rings. The van der Waals surface area contributed by atoms with Crippen LogP contribution in [-0.4, -0.2) is 20.4 Å². The van der Waals surface area contributed by atoms with Gasteiger partial charge < -0.3 is 5.32 Å². The molecule has 3 aromatic carbocycles. The van der Waals surface area contributed by atoms with Gasteiger partial charge in [-0.15, -0.1) is 0 Å². The van der Waals surface area contributed by atoms with E-state index in [1.165, 1.54) is 12.1 Å². The average molecular weight is 392 g/mol. The van der Waals surface area contributed by atoms with E-state index in [-0.39, 0.29) is 16.8 Å². The van der Waals surface area contributed by atoms with Crippen LogP contribution in [0.25, 0.3) is 11.1 Å². The summed E-state index contributed by atoms with van der Waals surface area (Å²) in [5.41, 5.74) is 3.05.